The first-order valence-corrected chi connectivity index (χ1v) is 10.8. The minimum Gasteiger partial charge on any atom is -0.377 e. The predicted molar refractivity (Wildman–Crippen MR) is 132 cm³/mol. The first kappa shape index (κ1) is 24.2. The molecule has 6 nitrogen and oxygen atoms in total. The molecule has 0 fully saturated rings. The van der Waals surface area contributed by atoms with Crippen LogP contribution in [-0.4, -0.2) is 28.6 Å². The molecule has 4 rings (SSSR count). The second-order valence-corrected chi connectivity index (χ2v) is 9.19. The number of hydrogen-bond acceptors (Lipinski definition) is 6. The quantitative estimate of drug-likeness (QED) is 0.512. The molecule has 32 heavy (non-hydrogen) atoms. The number of halogens is 2. The summed E-state index contributed by atoms with van der Waals surface area (Å²) in [6.07, 6.45) is 2.57. The maximum absolute atomic E-state index is 6.38. The van der Waals surface area contributed by atoms with E-state index in [0.29, 0.717) is 24.0 Å². The molecule has 0 radical (unpaired) electrons. The highest BCUT2D eigenvalue weighted by Gasteiger charge is 2.24. The Morgan fingerprint density at radius 3 is 2.53 bits per heavy atom. The number of fused-ring (bicyclic) bond motifs is 1. The lowest BCUT2D eigenvalue weighted by Gasteiger charge is -2.30. The van der Waals surface area contributed by atoms with Crippen LogP contribution in [0.4, 0.5) is 17.3 Å². The monoisotopic (exact) mass is 473 g/mol. The predicted octanol–water partition coefficient (Wildman–Crippen LogP) is 5.70. The molecule has 0 bridgehead atoms. The molecule has 0 aliphatic carbocycles. The zero-order valence-electron chi connectivity index (χ0n) is 18.9. The smallest absolute Gasteiger partial charge is 0.156 e. The average molecular weight is 474 g/mol. The van der Waals surface area contributed by atoms with Gasteiger partial charge < -0.3 is 15.0 Å². The van der Waals surface area contributed by atoms with Crippen molar-refractivity contribution in [2.24, 2.45) is 0 Å². The Morgan fingerprint density at radius 1 is 1.12 bits per heavy atom. The van der Waals surface area contributed by atoms with Gasteiger partial charge in [0.15, 0.2) is 5.82 Å². The minimum absolute atomic E-state index is 0. The number of hydrogen-bond donors (Lipinski definition) is 1. The Morgan fingerprint density at radius 2 is 1.88 bits per heavy atom. The van der Waals surface area contributed by atoms with Gasteiger partial charge in [0.05, 0.1) is 17.3 Å². The fourth-order valence-electron chi connectivity index (χ4n) is 3.76. The molecule has 1 aromatic carbocycles. The van der Waals surface area contributed by atoms with Crippen LogP contribution in [0.2, 0.25) is 5.02 Å². The normalized spacial score (nSPS) is 13.3. The van der Waals surface area contributed by atoms with Crippen molar-refractivity contribution < 1.29 is 4.74 Å². The van der Waals surface area contributed by atoms with Gasteiger partial charge in [-0.2, -0.15) is 0 Å². The third kappa shape index (κ3) is 5.31. The molecule has 3 heterocycles. The Balaban J connectivity index is 0.00000289. The second kappa shape index (κ2) is 10.0. The van der Waals surface area contributed by atoms with Crippen molar-refractivity contribution in [3.05, 3.63) is 70.3 Å². The van der Waals surface area contributed by atoms with Crippen LogP contribution < -0.4 is 10.2 Å². The van der Waals surface area contributed by atoms with Gasteiger partial charge in [-0.25, -0.2) is 15.0 Å². The molecule has 0 amide bonds. The maximum Gasteiger partial charge on any atom is 0.156 e. The van der Waals surface area contributed by atoms with Crippen LogP contribution in [-0.2, 0) is 29.7 Å². The van der Waals surface area contributed by atoms with Crippen molar-refractivity contribution in [3.8, 4) is 0 Å². The molecule has 1 aliphatic rings. The van der Waals surface area contributed by atoms with Gasteiger partial charge in [-0.15, -0.1) is 12.4 Å². The van der Waals surface area contributed by atoms with E-state index in [4.69, 9.17) is 26.3 Å². The van der Waals surface area contributed by atoms with E-state index in [0.717, 1.165) is 41.5 Å². The molecule has 1 aliphatic heterocycles. The lowest BCUT2D eigenvalue weighted by Crippen LogP contribution is -2.33. The van der Waals surface area contributed by atoms with E-state index in [-0.39, 0.29) is 17.8 Å². The molecule has 0 unspecified atom stereocenters. The van der Waals surface area contributed by atoms with Gasteiger partial charge in [0.2, 0.25) is 0 Å². The number of ether oxygens (including phenoxy) is 1. The van der Waals surface area contributed by atoms with Crippen LogP contribution in [0.3, 0.4) is 0 Å². The van der Waals surface area contributed by atoms with Crippen molar-refractivity contribution >= 4 is 41.3 Å². The number of pyridine rings is 1. The summed E-state index contributed by atoms with van der Waals surface area (Å²) in [6.45, 7) is 8.43. The molecule has 0 saturated carbocycles. The number of nitrogens with zero attached hydrogens (tertiary/aromatic N) is 4. The van der Waals surface area contributed by atoms with Crippen molar-refractivity contribution in [1.29, 1.82) is 0 Å². The van der Waals surface area contributed by atoms with E-state index in [1.807, 2.05) is 12.1 Å². The lowest BCUT2D eigenvalue weighted by atomic mass is 9.87. The van der Waals surface area contributed by atoms with Crippen molar-refractivity contribution in [2.75, 3.05) is 23.9 Å². The van der Waals surface area contributed by atoms with Crippen LogP contribution in [0.5, 0.6) is 0 Å². The number of rotatable bonds is 5. The fourth-order valence-corrected chi connectivity index (χ4v) is 4.00. The lowest BCUT2D eigenvalue weighted by molar-refractivity contribution is 0.177. The van der Waals surface area contributed by atoms with Crippen LogP contribution in [0.15, 0.2) is 42.6 Å². The highest BCUT2D eigenvalue weighted by molar-refractivity contribution is 6.32. The number of benzene rings is 1. The van der Waals surface area contributed by atoms with Crippen LogP contribution in [0.1, 0.15) is 43.4 Å². The van der Waals surface area contributed by atoms with E-state index in [1.54, 1.807) is 13.3 Å². The van der Waals surface area contributed by atoms with Crippen LogP contribution in [0, 0.1) is 0 Å². The number of aromatic nitrogens is 3. The SMILES string of the molecule is COCc1nc2c(c(Nc3ccc(C(C)(C)C)cc3)n1)CCN(c1ncccc1Cl)C2.Cl. The Bertz CT molecular complexity index is 1070. The topological polar surface area (TPSA) is 63.2 Å². The fraction of sp³-hybridized carbons (Fsp3) is 0.375. The summed E-state index contributed by atoms with van der Waals surface area (Å²) in [6, 6.07) is 12.2. The third-order valence-electron chi connectivity index (χ3n) is 5.44. The van der Waals surface area contributed by atoms with Crippen LogP contribution in [0.25, 0.3) is 0 Å². The highest BCUT2D eigenvalue weighted by atomic mass is 35.5. The van der Waals surface area contributed by atoms with E-state index in [9.17, 15) is 0 Å². The molecule has 0 saturated heterocycles. The standard InChI is InChI=1S/C24H28ClN5O.ClH/c1-24(2,3)16-7-9-17(10-8-16)27-22-18-11-13-30(23-19(25)6-5-12-26-23)14-20(18)28-21(29-22)15-31-4;/h5-10,12H,11,13-15H2,1-4H3,(H,27,28,29);1H. The van der Waals surface area contributed by atoms with Crippen molar-refractivity contribution in [2.45, 2.75) is 45.8 Å². The molecule has 0 atom stereocenters. The minimum atomic E-state index is 0. The highest BCUT2D eigenvalue weighted by Crippen LogP contribution is 2.31. The Kier molecular flexibility index (Phi) is 7.59. The summed E-state index contributed by atoms with van der Waals surface area (Å²) in [5.74, 6) is 2.28. The number of methoxy groups -OCH3 is 1. The number of anilines is 3. The van der Waals surface area contributed by atoms with E-state index < -0.39 is 0 Å². The Hall–Kier alpha value is -2.41. The van der Waals surface area contributed by atoms with E-state index in [2.05, 4.69) is 60.2 Å². The van der Waals surface area contributed by atoms with Crippen molar-refractivity contribution in [3.63, 3.8) is 0 Å². The third-order valence-corrected chi connectivity index (χ3v) is 5.73. The second-order valence-electron chi connectivity index (χ2n) is 8.78. The average Bonchev–Trinajstić information content (AvgIpc) is 2.74. The molecular weight excluding hydrogens is 445 g/mol. The van der Waals surface area contributed by atoms with Gasteiger partial charge in [0, 0.05) is 31.1 Å². The summed E-state index contributed by atoms with van der Waals surface area (Å²) >= 11 is 6.38. The van der Waals surface area contributed by atoms with E-state index >= 15 is 0 Å². The zero-order valence-corrected chi connectivity index (χ0v) is 20.4. The van der Waals surface area contributed by atoms with Crippen molar-refractivity contribution in [1.82, 2.24) is 15.0 Å². The summed E-state index contributed by atoms with van der Waals surface area (Å²) in [5.41, 5.74) is 4.53. The summed E-state index contributed by atoms with van der Waals surface area (Å²) in [4.78, 5) is 16.1. The van der Waals surface area contributed by atoms with Gasteiger partial charge in [-0.3, -0.25) is 0 Å². The van der Waals surface area contributed by atoms with Gasteiger partial charge >= 0.3 is 0 Å². The molecule has 170 valence electrons. The van der Waals surface area contributed by atoms with Gasteiger partial charge in [-0.05, 0) is 41.7 Å². The molecule has 0 spiro atoms. The largest absolute Gasteiger partial charge is 0.377 e. The molecule has 2 aromatic heterocycles. The summed E-state index contributed by atoms with van der Waals surface area (Å²) in [5, 5.41) is 4.16. The van der Waals surface area contributed by atoms with Gasteiger partial charge in [0.1, 0.15) is 18.2 Å². The molecule has 3 aromatic rings. The Labute approximate surface area is 200 Å². The molecular formula is C24H29Cl2N5O. The molecule has 8 heteroatoms. The first-order chi connectivity index (χ1) is 14.8. The van der Waals surface area contributed by atoms with Gasteiger partial charge in [0.25, 0.3) is 0 Å². The number of nitrogens with one attached hydrogen (secondary N) is 1. The zero-order chi connectivity index (χ0) is 22.0. The molecule has 1 N–H and O–H groups in total. The van der Waals surface area contributed by atoms with E-state index in [1.165, 1.54) is 5.56 Å². The van der Waals surface area contributed by atoms with Crippen LogP contribution >= 0.6 is 24.0 Å². The maximum atomic E-state index is 6.38. The summed E-state index contributed by atoms with van der Waals surface area (Å²) < 4.78 is 5.31. The van der Waals surface area contributed by atoms with Gasteiger partial charge in [-0.1, -0.05) is 44.5 Å². The first-order valence-electron chi connectivity index (χ1n) is 10.5. The summed E-state index contributed by atoms with van der Waals surface area (Å²) in [7, 11) is 1.65.